The minimum atomic E-state index is -5.05. The summed E-state index contributed by atoms with van der Waals surface area (Å²) in [7, 11) is 0. The first-order valence-electron chi connectivity index (χ1n) is 6.71. The van der Waals surface area contributed by atoms with Crippen LogP contribution in [0, 0.1) is 5.92 Å². The van der Waals surface area contributed by atoms with E-state index in [-0.39, 0.29) is 38.0 Å². The fourth-order valence-corrected chi connectivity index (χ4v) is 2.41. The van der Waals surface area contributed by atoms with E-state index in [0.29, 0.717) is 12.1 Å². The molecular formula is C14H12ClF6NO3. The maximum Gasteiger partial charge on any atom is 0.416 e. The smallest absolute Gasteiger partial charge is 0.416 e. The Morgan fingerprint density at radius 2 is 1.48 bits per heavy atom. The van der Waals surface area contributed by atoms with Gasteiger partial charge in [-0.2, -0.15) is 26.3 Å². The Morgan fingerprint density at radius 1 is 1.00 bits per heavy atom. The second-order valence-corrected chi connectivity index (χ2v) is 5.37. The van der Waals surface area contributed by atoms with Gasteiger partial charge in [0.25, 0.3) is 5.91 Å². The van der Waals surface area contributed by atoms with Gasteiger partial charge in [0.05, 0.1) is 17.0 Å². The number of likely N-dealkylation sites (tertiary alicyclic amines) is 1. The van der Waals surface area contributed by atoms with Gasteiger partial charge in [-0.25, -0.2) is 0 Å². The predicted molar refractivity (Wildman–Crippen MR) is 75.3 cm³/mol. The van der Waals surface area contributed by atoms with Gasteiger partial charge in [0.1, 0.15) is 0 Å². The van der Waals surface area contributed by atoms with Crippen molar-refractivity contribution in [3.8, 4) is 0 Å². The summed E-state index contributed by atoms with van der Waals surface area (Å²) in [5.74, 6) is -3.12. The number of aliphatic carboxylic acids is 1. The van der Waals surface area contributed by atoms with Crippen LogP contribution in [0.2, 0.25) is 0 Å². The molecule has 0 spiro atoms. The predicted octanol–water partition coefficient (Wildman–Crippen LogP) is 3.69. The fraction of sp³-hybridized carbons (Fsp3) is 0.429. The Hall–Kier alpha value is -1.97. The quantitative estimate of drug-likeness (QED) is 0.782. The lowest BCUT2D eigenvalue weighted by Crippen LogP contribution is -2.30. The first-order chi connectivity index (χ1) is 10.9. The Morgan fingerprint density at radius 3 is 1.84 bits per heavy atom. The molecule has 140 valence electrons. The van der Waals surface area contributed by atoms with Crippen LogP contribution in [0.4, 0.5) is 26.3 Å². The van der Waals surface area contributed by atoms with E-state index >= 15 is 0 Å². The maximum absolute atomic E-state index is 12.8. The van der Waals surface area contributed by atoms with Crippen LogP contribution >= 0.6 is 12.4 Å². The van der Waals surface area contributed by atoms with Crippen LogP contribution in [-0.2, 0) is 17.1 Å². The van der Waals surface area contributed by atoms with E-state index in [9.17, 15) is 35.9 Å². The highest BCUT2D eigenvalue weighted by molar-refractivity contribution is 5.95. The van der Waals surface area contributed by atoms with Crippen LogP contribution in [0.5, 0.6) is 0 Å². The molecule has 1 aliphatic rings. The second kappa shape index (κ2) is 7.11. The maximum atomic E-state index is 12.8. The molecule has 0 saturated carbocycles. The summed E-state index contributed by atoms with van der Waals surface area (Å²) in [6, 6.07) is 0.609. The summed E-state index contributed by atoms with van der Waals surface area (Å²) in [6.45, 7) is -0.306. The van der Waals surface area contributed by atoms with Gasteiger partial charge < -0.3 is 10.0 Å². The number of halogens is 7. The van der Waals surface area contributed by atoms with E-state index in [0.717, 1.165) is 4.90 Å². The highest BCUT2D eigenvalue weighted by Gasteiger charge is 2.38. The third-order valence-corrected chi connectivity index (χ3v) is 3.66. The minimum absolute atomic E-state index is 0. The molecule has 1 heterocycles. The molecule has 11 heteroatoms. The molecule has 1 unspecified atom stereocenters. The molecule has 25 heavy (non-hydrogen) atoms. The van der Waals surface area contributed by atoms with Crippen molar-refractivity contribution in [3.05, 3.63) is 34.9 Å². The zero-order valence-electron chi connectivity index (χ0n) is 12.3. The van der Waals surface area contributed by atoms with Gasteiger partial charge in [-0.15, -0.1) is 12.4 Å². The van der Waals surface area contributed by atoms with Gasteiger partial charge in [0.15, 0.2) is 0 Å². The fourth-order valence-electron chi connectivity index (χ4n) is 2.41. The number of rotatable bonds is 2. The first-order valence-corrected chi connectivity index (χ1v) is 6.71. The number of amides is 1. The van der Waals surface area contributed by atoms with Crippen LogP contribution in [0.1, 0.15) is 27.9 Å². The molecular weight excluding hydrogens is 380 g/mol. The summed E-state index contributed by atoms with van der Waals surface area (Å²) in [6.07, 6.45) is -10.0. The van der Waals surface area contributed by atoms with Gasteiger partial charge >= 0.3 is 18.3 Å². The molecule has 1 fully saturated rings. The van der Waals surface area contributed by atoms with Crippen LogP contribution in [0.25, 0.3) is 0 Å². The first kappa shape index (κ1) is 21.1. The van der Waals surface area contributed by atoms with E-state index in [2.05, 4.69) is 0 Å². The number of carbonyl (C=O) groups is 2. The number of nitrogens with zero attached hydrogens (tertiary/aromatic N) is 1. The number of hydrogen-bond donors (Lipinski definition) is 1. The molecule has 0 bridgehead atoms. The van der Waals surface area contributed by atoms with Gasteiger partial charge in [-0.3, -0.25) is 9.59 Å². The standard InChI is InChI=1S/C14H11F6NO3.ClH/c15-13(16,17)9-3-8(4-10(5-9)14(18,19)20)11(22)21-2-1-7(6-21)12(23)24;/h3-5,7H,1-2,6H2,(H,23,24);1H. The summed E-state index contributed by atoms with van der Waals surface area (Å²) < 4.78 is 76.6. The molecule has 1 N–H and O–H groups in total. The van der Waals surface area contributed by atoms with Gasteiger partial charge in [-0.1, -0.05) is 0 Å². The van der Waals surface area contributed by atoms with Crippen LogP contribution in [0.15, 0.2) is 18.2 Å². The molecule has 1 aromatic carbocycles. The summed E-state index contributed by atoms with van der Waals surface area (Å²) in [5.41, 5.74) is -3.95. The summed E-state index contributed by atoms with van der Waals surface area (Å²) in [4.78, 5) is 24.0. The molecule has 0 aliphatic carbocycles. The molecule has 4 nitrogen and oxygen atoms in total. The zero-order valence-corrected chi connectivity index (χ0v) is 13.1. The Labute approximate surface area is 143 Å². The lowest BCUT2D eigenvalue weighted by Gasteiger charge is -2.18. The van der Waals surface area contributed by atoms with E-state index in [1.54, 1.807) is 0 Å². The van der Waals surface area contributed by atoms with Crippen molar-refractivity contribution in [1.29, 1.82) is 0 Å². The van der Waals surface area contributed by atoms with Crippen molar-refractivity contribution in [2.75, 3.05) is 13.1 Å². The Balaban J connectivity index is 0.00000312. The number of alkyl halides is 6. The summed E-state index contributed by atoms with van der Waals surface area (Å²) >= 11 is 0. The largest absolute Gasteiger partial charge is 0.481 e. The number of carbonyl (C=O) groups excluding carboxylic acids is 1. The average molecular weight is 392 g/mol. The van der Waals surface area contributed by atoms with E-state index < -0.39 is 46.8 Å². The van der Waals surface area contributed by atoms with E-state index in [4.69, 9.17) is 5.11 Å². The molecule has 2 rings (SSSR count). The van der Waals surface area contributed by atoms with Gasteiger partial charge in [0.2, 0.25) is 0 Å². The third-order valence-electron chi connectivity index (χ3n) is 3.66. The summed E-state index contributed by atoms with van der Waals surface area (Å²) in [5, 5.41) is 8.85. The third kappa shape index (κ3) is 4.77. The SMILES string of the molecule is Cl.O=C(O)C1CCN(C(=O)c2cc(C(F)(F)F)cc(C(F)(F)F)c2)C1. The van der Waals surface area contributed by atoms with Crippen molar-refractivity contribution < 1.29 is 41.0 Å². The molecule has 1 saturated heterocycles. The Kier molecular flexibility index (Phi) is 5.99. The molecule has 1 aliphatic heterocycles. The lowest BCUT2D eigenvalue weighted by atomic mass is 10.0. The second-order valence-electron chi connectivity index (χ2n) is 5.37. The van der Waals surface area contributed by atoms with Crippen molar-refractivity contribution in [1.82, 2.24) is 4.90 Å². The van der Waals surface area contributed by atoms with Gasteiger partial charge in [0, 0.05) is 18.7 Å². The van der Waals surface area contributed by atoms with Crippen LogP contribution < -0.4 is 0 Å². The topological polar surface area (TPSA) is 57.6 Å². The zero-order chi connectivity index (χ0) is 18.3. The highest BCUT2D eigenvalue weighted by atomic mass is 35.5. The van der Waals surface area contributed by atoms with E-state index in [1.165, 1.54) is 0 Å². The highest BCUT2D eigenvalue weighted by Crippen LogP contribution is 2.36. The van der Waals surface area contributed by atoms with Crippen LogP contribution in [-0.4, -0.2) is 35.0 Å². The normalized spacial score (nSPS) is 18.0. The number of hydrogen-bond acceptors (Lipinski definition) is 2. The number of benzene rings is 1. The minimum Gasteiger partial charge on any atom is -0.481 e. The van der Waals surface area contributed by atoms with Crippen molar-refractivity contribution >= 4 is 24.3 Å². The average Bonchev–Trinajstić information content (AvgIpc) is 2.94. The molecule has 1 atom stereocenters. The molecule has 1 amide bonds. The van der Waals surface area contributed by atoms with Crippen molar-refractivity contribution in [2.45, 2.75) is 18.8 Å². The van der Waals surface area contributed by atoms with Crippen LogP contribution in [0.3, 0.4) is 0 Å². The van der Waals surface area contributed by atoms with Gasteiger partial charge in [-0.05, 0) is 24.6 Å². The number of carboxylic acids is 1. The molecule has 0 aromatic heterocycles. The van der Waals surface area contributed by atoms with Crippen molar-refractivity contribution in [2.24, 2.45) is 5.92 Å². The van der Waals surface area contributed by atoms with E-state index in [1.807, 2.05) is 0 Å². The molecule has 0 radical (unpaired) electrons. The van der Waals surface area contributed by atoms with Crippen molar-refractivity contribution in [3.63, 3.8) is 0 Å². The molecule has 1 aromatic rings. The lowest BCUT2D eigenvalue weighted by molar-refractivity contribution is -0.143. The monoisotopic (exact) mass is 391 g/mol. The number of carboxylic acid groups (broad SMARTS) is 1. The Bertz CT molecular complexity index is 641.